The molecule has 1 aliphatic heterocycles. The summed E-state index contributed by atoms with van der Waals surface area (Å²) in [6, 6.07) is 17.7. The second kappa shape index (κ2) is 12.0. The molecule has 0 aliphatic carbocycles. The molecule has 1 aliphatic rings. The normalized spacial score (nSPS) is 16.7. The Bertz CT molecular complexity index is 1220. The monoisotopic (exact) mass is 521 g/mol. The highest BCUT2D eigenvalue weighted by molar-refractivity contribution is 5.94. The fraction of sp³-hybridized carbons (Fsp3) is 0.387. The lowest BCUT2D eigenvalue weighted by molar-refractivity contribution is 0.0823. The van der Waals surface area contributed by atoms with Crippen molar-refractivity contribution in [2.45, 2.75) is 58.2 Å². The maximum Gasteiger partial charge on any atom is 0.251 e. The van der Waals surface area contributed by atoms with Gasteiger partial charge in [0, 0.05) is 36.4 Å². The quantitative estimate of drug-likeness (QED) is 0.304. The minimum atomic E-state index is -0.995. The lowest BCUT2D eigenvalue weighted by atomic mass is 9.86. The number of fused-ring (bicyclic) bond motifs is 1. The molecule has 5 nitrogen and oxygen atoms in total. The summed E-state index contributed by atoms with van der Waals surface area (Å²) in [6.07, 6.45) is 0.877. The summed E-state index contributed by atoms with van der Waals surface area (Å²) in [6.45, 7) is 7.64. The second-order valence-electron chi connectivity index (χ2n) is 11.3. The Labute approximate surface area is 223 Å². The third kappa shape index (κ3) is 7.62. The molecule has 7 heteroatoms. The average molecular weight is 522 g/mol. The van der Waals surface area contributed by atoms with Crippen LogP contribution in [0.3, 0.4) is 0 Å². The van der Waals surface area contributed by atoms with Crippen molar-refractivity contribution in [3.63, 3.8) is 0 Å². The molecule has 0 saturated heterocycles. The van der Waals surface area contributed by atoms with Crippen LogP contribution < -0.4 is 16.0 Å². The van der Waals surface area contributed by atoms with E-state index in [1.165, 1.54) is 17.7 Å². The van der Waals surface area contributed by atoms with E-state index in [0.29, 0.717) is 11.1 Å². The van der Waals surface area contributed by atoms with E-state index >= 15 is 0 Å². The number of hydrogen-bond donors (Lipinski definition) is 4. The number of anilines is 1. The van der Waals surface area contributed by atoms with Crippen molar-refractivity contribution >= 4 is 11.6 Å². The number of rotatable bonds is 9. The van der Waals surface area contributed by atoms with Crippen LogP contribution in [-0.4, -0.2) is 36.2 Å². The van der Waals surface area contributed by atoms with Crippen molar-refractivity contribution in [2.75, 3.05) is 18.4 Å². The first-order chi connectivity index (χ1) is 18.1. The minimum absolute atomic E-state index is 0.0258. The largest absolute Gasteiger partial charge is 0.390 e. The molecule has 0 bridgehead atoms. The van der Waals surface area contributed by atoms with E-state index in [4.69, 9.17) is 0 Å². The van der Waals surface area contributed by atoms with Crippen LogP contribution in [0.15, 0.2) is 66.7 Å². The van der Waals surface area contributed by atoms with Gasteiger partial charge in [-0.1, -0.05) is 51.1 Å². The lowest BCUT2D eigenvalue weighted by Crippen LogP contribution is -2.49. The van der Waals surface area contributed by atoms with Crippen LogP contribution in [-0.2, 0) is 12.8 Å². The number of amides is 1. The second-order valence-corrected chi connectivity index (χ2v) is 11.3. The van der Waals surface area contributed by atoms with Gasteiger partial charge in [0.15, 0.2) is 0 Å². The topological polar surface area (TPSA) is 73.4 Å². The summed E-state index contributed by atoms with van der Waals surface area (Å²) in [5.74, 6) is -1.75. The third-order valence-corrected chi connectivity index (χ3v) is 6.74. The van der Waals surface area contributed by atoms with Crippen LogP contribution >= 0.6 is 0 Å². The van der Waals surface area contributed by atoms with Gasteiger partial charge >= 0.3 is 0 Å². The molecule has 202 valence electrons. The molecule has 4 N–H and O–H groups in total. The molecule has 0 aromatic heterocycles. The Balaban J connectivity index is 1.50. The summed E-state index contributed by atoms with van der Waals surface area (Å²) in [5.41, 5.74) is 4.46. The van der Waals surface area contributed by atoms with E-state index in [2.05, 4.69) is 54.9 Å². The van der Waals surface area contributed by atoms with Gasteiger partial charge in [0.2, 0.25) is 0 Å². The molecule has 3 aromatic carbocycles. The lowest BCUT2D eigenvalue weighted by Gasteiger charge is -2.31. The van der Waals surface area contributed by atoms with Gasteiger partial charge in [0.1, 0.15) is 11.6 Å². The number of aliphatic hydroxyl groups excluding tert-OH is 1. The van der Waals surface area contributed by atoms with Crippen LogP contribution in [0.2, 0.25) is 0 Å². The highest BCUT2D eigenvalue weighted by atomic mass is 19.1. The van der Waals surface area contributed by atoms with E-state index in [1.807, 2.05) is 6.07 Å². The molecule has 0 fully saturated rings. The molecular formula is C31H37F2N3O2. The third-order valence-electron chi connectivity index (χ3n) is 6.74. The van der Waals surface area contributed by atoms with Gasteiger partial charge in [-0.15, -0.1) is 0 Å². The van der Waals surface area contributed by atoms with E-state index in [-0.39, 0.29) is 30.3 Å². The zero-order valence-electron chi connectivity index (χ0n) is 22.2. The maximum atomic E-state index is 13.9. The highest BCUT2D eigenvalue weighted by Gasteiger charge is 2.26. The van der Waals surface area contributed by atoms with Gasteiger partial charge in [0.25, 0.3) is 5.91 Å². The Kier molecular flexibility index (Phi) is 8.80. The van der Waals surface area contributed by atoms with Crippen LogP contribution in [0.4, 0.5) is 14.5 Å². The van der Waals surface area contributed by atoms with Gasteiger partial charge in [0.05, 0.1) is 12.1 Å². The Morgan fingerprint density at radius 2 is 1.74 bits per heavy atom. The maximum absolute atomic E-state index is 13.9. The fourth-order valence-corrected chi connectivity index (χ4v) is 5.02. The van der Waals surface area contributed by atoms with Gasteiger partial charge in [-0.05, 0) is 71.7 Å². The van der Waals surface area contributed by atoms with E-state index in [9.17, 15) is 18.7 Å². The minimum Gasteiger partial charge on any atom is -0.390 e. The molecule has 1 heterocycles. The van der Waals surface area contributed by atoms with Crippen LogP contribution in [0.1, 0.15) is 60.3 Å². The summed E-state index contributed by atoms with van der Waals surface area (Å²) in [5, 5.41) is 21.0. The first kappa shape index (κ1) is 27.7. The number of carbonyl (C=O) groups excluding carboxylic acids is 1. The zero-order valence-corrected chi connectivity index (χ0v) is 22.2. The Morgan fingerprint density at radius 1 is 1.03 bits per heavy atom. The van der Waals surface area contributed by atoms with Crippen LogP contribution in [0, 0.1) is 17.0 Å². The van der Waals surface area contributed by atoms with Crippen LogP contribution in [0.25, 0.3) is 0 Å². The van der Waals surface area contributed by atoms with Gasteiger partial charge in [-0.2, -0.15) is 0 Å². The molecule has 0 unspecified atom stereocenters. The molecule has 0 radical (unpaired) electrons. The van der Waals surface area contributed by atoms with E-state index in [1.54, 1.807) is 24.3 Å². The predicted octanol–water partition coefficient (Wildman–Crippen LogP) is 5.40. The highest BCUT2D eigenvalue weighted by Crippen LogP contribution is 2.32. The zero-order chi connectivity index (χ0) is 27.3. The van der Waals surface area contributed by atoms with E-state index in [0.717, 1.165) is 36.7 Å². The number of aliphatic hydroxyl groups is 1. The van der Waals surface area contributed by atoms with Crippen LogP contribution in [0.5, 0.6) is 0 Å². The number of nitrogens with one attached hydrogen (secondary N) is 3. The van der Waals surface area contributed by atoms with Crippen molar-refractivity contribution in [3.05, 3.63) is 101 Å². The molecule has 4 rings (SSSR count). The van der Waals surface area contributed by atoms with Crippen molar-refractivity contribution in [3.8, 4) is 0 Å². The first-order valence-electron chi connectivity index (χ1n) is 13.2. The summed E-state index contributed by atoms with van der Waals surface area (Å²) >= 11 is 0. The predicted molar refractivity (Wildman–Crippen MR) is 147 cm³/mol. The van der Waals surface area contributed by atoms with Gasteiger partial charge in [-0.3, -0.25) is 4.79 Å². The number of hydrogen-bond acceptors (Lipinski definition) is 4. The fourth-order valence-electron chi connectivity index (χ4n) is 5.02. The van der Waals surface area contributed by atoms with Crippen molar-refractivity contribution in [1.29, 1.82) is 0 Å². The smallest absolute Gasteiger partial charge is 0.251 e. The molecular weight excluding hydrogens is 484 g/mol. The summed E-state index contributed by atoms with van der Waals surface area (Å²) in [4.78, 5) is 12.9. The first-order valence-corrected chi connectivity index (χ1v) is 13.2. The SMILES string of the molecule is CC(C)(C)Cc1ccc2c(c1)[C@@H](NC[C@@H](O)[C@H](Cc1cc(F)cc(F)c1)NC(=O)c1ccccc1)CCN2. The molecule has 1 amide bonds. The molecule has 38 heavy (non-hydrogen) atoms. The molecule has 3 atom stereocenters. The molecule has 0 saturated carbocycles. The average Bonchev–Trinajstić information content (AvgIpc) is 2.85. The van der Waals surface area contributed by atoms with Crippen molar-refractivity contribution < 1.29 is 18.7 Å². The number of benzene rings is 3. The van der Waals surface area contributed by atoms with Gasteiger partial charge < -0.3 is 21.1 Å². The summed E-state index contributed by atoms with van der Waals surface area (Å²) < 4.78 is 27.7. The number of carbonyl (C=O) groups is 1. The van der Waals surface area contributed by atoms with Crippen molar-refractivity contribution in [2.24, 2.45) is 5.41 Å². The Hall–Kier alpha value is -3.29. The molecule has 3 aromatic rings. The standard InChI is InChI=1S/C31H37F2N3O2/c1-31(2,3)18-20-9-10-26-25(15-20)27(11-12-34-26)35-19-29(37)28(16-21-13-23(32)17-24(33)14-21)36-30(38)22-7-5-4-6-8-22/h4-10,13-15,17,27-29,34-35,37H,11-12,16,18-19H2,1-3H3,(H,36,38)/t27-,28-,29+/m0/s1. The van der Waals surface area contributed by atoms with Crippen molar-refractivity contribution in [1.82, 2.24) is 10.6 Å². The van der Waals surface area contributed by atoms with Gasteiger partial charge in [-0.25, -0.2) is 8.78 Å². The van der Waals surface area contributed by atoms with E-state index < -0.39 is 23.8 Å². The summed E-state index contributed by atoms with van der Waals surface area (Å²) in [7, 11) is 0. The number of halogens is 2. The molecule has 0 spiro atoms. The Morgan fingerprint density at radius 3 is 2.42 bits per heavy atom.